The quantitative estimate of drug-likeness (QED) is 0.742. The van der Waals surface area contributed by atoms with Gasteiger partial charge in [0, 0.05) is 11.6 Å². The lowest BCUT2D eigenvalue weighted by Crippen LogP contribution is -1.96. The van der Waals surface area contributed by atoms with Crippen LogP contribution in [-0.2, 0) is 0 Å². The first kappa shape index (κ1) is 9.91. The number of rotatable bonds is 2. The van der Waals surface area contributed by atoms with E-state index in [1.165, 1.54) is 0 Å². The molecule has 0 aliphatic carbocycles. The standard InChI is InChI=1S/C10H6N4O2S/c15-10(16)9-13-6(5-17-9)7-4-11-8-2-1-3-12-14(7)8/h1-5H,(H,15,16). The zero-order valence-electron chi connectivity index (χ0n) is 8.44. The Hall–Kier alpha value is -2.28. The molecular formula is C10H6N4O2S. The topological polar surface area (TPSA) is 80.4 Å². The summed E-state index contributed by atoms with van der Waals surface area (Å²) in [5, 5.41) is 14.7. The molecular weight excluding hydrogens is 240 g/mol. The van der Waals surface area contributed by atoms with Gasteiger partial charge in [0.25, 0.3) is 0 Å². The van der Waals surface area contributed by atoms with Gasteiger partial charge in [0.05, 0.1) is 6.20 Å². The zero-order valence-corrected chi connectivity index (χ0v) is 9.26. The van der Waals surface area contributed by atoms with Crippen LogP contribution in [0.2, 0.25) is 0 Å². The van der Waals surface area contributed by atoms with Gasteiger partial charge in [0.15, 0.2) is 5.65 Å². The van der Waals surface area contributed by atoms with Crippen LogP contribution in [0.4, 0.5) is 0 Å². The Kier molecular flexibility index (Phi) is 2.12. The highest BCUT2D eigenvalue weighted by atomic mass is 32.1. The number of hydrogen-bond donors (Lipinski definition) is 1. The first-order chi connectivity index (χ1) is 8.25. The van der Waals surface area contributed by atoms with E-state index in [-0.39, 0.29) is 5.01 Å². The molecule has 1 N–H and O–H groups in total. The molecule has 3 aromatic rings. The maximum Gasteiger partial charge on any atom is 0.365 e. The van der Waals surface area contributed by atoms with Gasteiger partial charge in [-0.1, -0.05) is 0 Å². The number of carbonyl (C=O) groups is 1. The molecule has 0 bridgehead atoms. The molecule has 7 heteroatoms. The van der Waals surface area contributed by atoms with E-state index >= 15 is 0 Å². The van der Waals surface area contributed by atoms with Crippen LogP contribution in [0.5, 0.6) is 0 Å². The van der Waals surface area contributed by atoms with Crippen LogP contribution in [0, 0.1) is 0 Å². The average molecular weight is 246 g/mol. The molecule has 84 valence electrons. The van der Waals surface area contributed by atoms with Gasteiger partial charge in [-0.15, -0.1) is 11.3 Å². The van der Waals surface area contributed by atoms with Crippen LogP contribution in [0.25, 0.3) is 17.0 Å². The van der Waals surface area contributed by atoms with Crippen LogP contribution in [0.3, 0.4) is 0 Å². The third-order valence-electron chi connectivity index (χ3n) is 2.23. The van der Waals surface area contributed by atoms with E-state index in [4.69, 9.17) is 5.11 Å². The van der Waals surface area contributed by atoms with Crippen LogP contribution < -0.4 is 0 Å². The monoisotopic (exact) mass is 246 g/mol. The highest BCUT2D eigenvalue weighted by Gasteiger charge is 2.13. The maximum atomic E-state index is 10.8. The number of hydrogen-bond acceptors (Lipinski definition) is 5. The largest absolute Gasteiger partial charge is 0.476 e. The number of nitrogens with zero attached hydrogens (tertiary/aromatic N) is 4. The number of carboxylic acids is 1. The van der Waals surface area contributed by atoms with E-state index in [0.29, 0.717) is 17.0 Å². The zero-order chi connectivity index (χ0) is 11.8. The number of fused-ring (bicyclic) bond motifs is 1. The summed E-state index contributed by atoms with van der Waals surface area (Å²) in [6, 6.07) is 3.61. The van der Waals surface area contributed by atoms with Crippen molar-refractivity contribution >= 4 is 23.0 Å². The molecule has 0 fully saturated rings. The minimum Gasteiger partial charge on any atom is -0.476 e. The molecule has 3 heterocycles. The number of aromatic carboxylic acids is 1. The van der Waals surface area contributed by atoms with Gasteiger partial charge < -0.3 is 5.11 Å². The molecule has 3 aromatic heterocycles. The molecule has 0 atom stereocenters. The van der Waals surface area contributed by atoms with Crippen molar-refractivity contribution in [1.29, 1.82) is 0 Å². The van der Waals surface area contributed by atoms with Gasteiger partial charge in [-0.3, -0.25) is 0 Å². The number of carboxylic acid groups (broad SMARTS) is 1. The summed E-state index contributed by atoms with van der Waals surface area (Å²) in [5.74, 6) is -1.02. The van der Waals surface area contributed by atoms with Gasteiger partial charge >= 0.3 is 5.97 Å². The second-order valence-corrected chi connectivity index (χ2v) is 4.14. The molecule has 3 rings (SSSR count). The third-order valence-corrected chi connectivity index (χ3v) is 3.06. The minimum atomic E-state index is -1.02. The van der Waals surface area contributed by atoms with Crippen molar-refractivity contribution < 1.29 is 9.90 Å². The Morgan fingerprint density at radius 3 is 3.12 bits per heavy atom. The molecule has 0 amide bonds. The molecule has 0 radical (unpaired) electrons. The normalized spacial score (nSPS) is 10.8. The molecule has 6 nitrogen and oxygen atoms in total. The van der Waals surface area contributed by atoms with E-state index in [1.54, 1.807) is 28.4 Å². The van der Waals surface area contributed by atoms with Crippen molar-refractivity contribution in [2.24, 2.45) is 0 Å². The number of aromatic nitrogens is 4. The van der Waals surface area contributed by atoms with E-state index < -0.39 is 5.97 Å². The predicted molar refractivity (Wildman–Crippen MR) is 61.1 cm³/mol. The van der Waals surface area contributed by atoms with E-state index in [9.17, 15) is 4.79 Å². The molecule has 0 spiro atoms. The van der Waals surface area contributed by atoms with Gasteiger partial charge in [0.2, 0.25) is 5.01 Å². The van der Waals surface area contributed by atoms with Crippen molar-refractivity contribution in [3.8, 4) is 11.4 Å². The van der Waals surface area contributed by atoms with Crippen LogP contribution in [-0.4, -0.2) is 30.7 Å². The molecule has 0 saturated carbocycles. The highest BCUT2D eigenvalue weighted by Crippen LogP contribution is 2.22. The van der Waals surface area contributed by atoms with Gasteiger partial charge in [0.1, 0.15) is 11.4 Å². The van der Waals surface area contributed by atoms with E-state index in [0.717, 1.165) is 11.3 Å². The van der Waals surface area contributed by atoms with Crippen molar-refractivity contribution in [3.05, 3.63) is 34.9 Å². The Labute approximate surface area is 99.2 Å². The predicted octanol–water partition coefficient (Wildman–Crippen LogP) is 1.55. The maximum absolute atomic E-state index is 10.8. The summed E-state index contributed by atoms with van der Waals surface area (Å²) in [4.78, 5) is 18.9. The summed E-state index contributed by atoms with van der Waals surface area (Å²) in [7, 11) is 0. The second kappa shape index (κ2) is 3.63. The van der Waals surface area contributed by atoms with E-state index in [1.807, 2.05) is 6.07 Å². The van der Waals surface area contributed by atoms with Crippen LogP contribution in [0.15, 0.2) is 29.9 Å². The van der Waals surface area contributed by atoms with Crippen LogP contribution >= 0.6 is 11.3 Å². The Morgan fingerprint density at radius 1 is 1.47 bits per heavy atom. The first-order valence-electron chi connectivity index (χ1n) is 4.73. The number of thiazole rings is 1. The average Bonchev–Trinajstić information content (AvgIpc) is 2.95. The molecule has 17 heavy (non-hydrogen) atoms. The van der Waals surface area contributed by atoms with E-state index in [2.05, 4.69) is 15.1 Å². The summed E-state index contributed by atoms with van der Waals surface area (Å²) in [6.07, 6.45) is 3.27. The Morgan fingerprint density at radius 2 is 2.35 bits per heavy atom. The van der Waals surface area contributed by atoms with Crippen molar-refractivity contribution in [2.75, 3.05) is 0 Å². The Bertz CT molecular complexity index is 703. The van der Waals surface area contributed by atoms with Gasteiger partial charge in [-0.25, -0.2) is 19.3 Å². The minimum absolute atomic E-state index is 0.0610. The van der Waals surface area contributed by atoms with Crippen molar-refractivity contribution in [2.45, 2.75) is 0 Å². The fourth-order valence-corrected chi connectivity index (χ4v) is 2.14. The molecule has 0 aliphatic rings. The Balaban J connectivity index is 2.17. The van der Waals surface area contributed by atoms with Crippen LogP contribution in [0.1, 0.15) is 9.80 Å². The van der Waals surface area contributed by atoms with Crippen molar-refractivity contribution in [1.82, 2.24) is 19.6 Å². The second-order valence-electron chi connectivity index (χ2n) is 3.28. The van der Waals surface area contributed by atoms with Gasteiger partial charge in [-0.2, -0.15) is 5.10 Å². The third kappa shape index (κ3) is 1.56. The molecule has 0 saturated heterocycles. The highest BCUT2D eigenvalue weighted by molar-refractivity contribution is 7.11. The fraction of sp³-hybridized carbons (Fsp3) is 0. The first-order valence-corrected chi connectivity index (χ1v) is 5.61. The summed E-state index contributed by atoms with van der Waals surface area (Å²) in [6.45, 7) is 0. The lowest BCUT2D eigenvalue weighted by Gasteiger charge is -1.95. The number of imidazole rings is 1. The summed E-state index contributed by atoms with van der Waals surface area (Å²) >= 11 is 1.08. The van der Waals surface area contributed by atoms with Gasteiger partial charge in [-0.05, 0) is 12.1 Å². The fourth-order valence-electron chi connectivity index (χ4n) is 1.49. The molecule has 0 unspecified atom stereocenters. The lowest BCUT2D eigenvalue weighted by molar-refractivity contribution is 0.0696. The molecule has 0 aromatic carbocycles. The van der Waals surface area contributed by atoms with Crippen molar-refractivity contribution in [3.63, 3.8) is 0 Å². The summed E-state index contributed by atoms with van der Waals surface area (Å²) < 4.78 is 1.63. The lowest BCUT2D eigenvalue weighted by atomic mass is 10.4. The summed E-state index contributed by atoms with van der Waals surface area (Å²) in [5.41, 5.74) is 1.95. The smallest absolute Gasteiger partial charge is 0.365 e. The molecule has 0 aliphatic heterocycles. The SMILES string of the molecule is O=C(O)c1nc(-c2cnc3cccnn23)cs1.